The van der Waals surface area contributed by atoms with Gasteiger partial charge < -0.3 is 15.7 Å². The van der Waals surface area contributed by atoms with E-state index in [0.29, 0.717) is 6.42 Å². The molecule has 0 aliphatic heterocycles. The fraction of sp³-hybridized carbons (Fsp3) is 0.778. The number of amides is 2. The fourth-order valence-electron chi connectivity index (χ4n) is 0.860. The first-order valence-electron chi connectivity index (χ1n) is 4.85. The molecule has 0 aromatic rings. The maximum Gasteiger partial charge on any atom is 0.315 e. The molecule has 7 heteroatoms. The van der Waals surface area contributed by atoms with Crippen LogP contribution in [0.3, 0.4) is 0 Å². The normalized spacial score (nSPS) is 14.3. The van der Waals surface area contributed by atoms with Crippen molar-refractivity contribution < 1.29 is 23.5 Å². The van der Waals surface area contributed by atoms with Crippen LogP contribution in [0, 0.1) is 5.41 Å². The second kappa shape index (κ2) is 6.24. The highest BCUT2D eigenvalue weighted by molar-refractivity contribution is 5.77. The summed E-state index contributed by atoms with van der Waals surface area (Å²) in [5, 5.41) is 13.0. The third-order valence-electron chi connectivity index (χ3n) is 2.35. The van der Waals surface area contributed by atoms with E-state index in [1.165, 1.54) is 6.92 Å². The average Bonchev–Trinajstić information content (AvgIpc) is 2.22. The van der Waals surface area contributed by atoms with Gasteiger partial charge in [0.15, 0.2) is 0 Å². The zero-order valence-electron chi connectivity index (χ0n) is 9.22. The number of carboxylic acid groups (broad SMARTS) is 1. The van der Waals surface area contributed by atoms with E-state index in [1.54, 1.807) is 6.92 Å². The summed E-state index contributed by atoms with van der Waals surface area (Å²) < 4.78 is 23.5. The smallest absolute Gasteiger partial charge is 0.315 e. The molecule has 0 aromatic heterocycles. The van der Waals surface area contributed by atoms with Crippen molar-refractivity contribution in [2.24, 2.45) is 5.41 Å². The van der Waals surface area contributed by atoms with Crippen molar-refractivity contribution in [1.82, 2.24) is 10.6 Å². The highest BCUT2D eigenvalue weighted by Gasteiger charge is 2.31. The molecule has 16 heavy (non-hydrogen) atoms. The van der Waals surface area contributed by atoms with E-state index in [4.69, 9.17) is 5.11 Å². The molecule has 0 rings (SSSR count). The Hall–Kier alpha value is -1.40. The lowest BCUT2D eigenvalue weighted by Gasteiger charge is -2.23. The monoisotopic (exact) mass is 238 g/mol. The third-order valence-corrected chi connectivity index (χ3v) is 2.35. The van der Waals surface area contributed by atoms with Gasteiger partial charge in [0.2, 0.25) is 0 Å². The quantitative estimate of drug-likeness (QED) is 0.647. The molecule has 0 bridgehead atoms. The molecule has 1 unspecified atom stereocenters. The van der Waals surface area contributed by atoms with Gasteiger partial charge in [0.25, 0.3) is 6.43 Å². The van der Waals surface area contributed by atoms with Crippen LogP contribution in [0.15, 0.2) is 0 Å². The van der Waals surface area contributed by atoms with Gasteiger partial charge in [0.1, 0.15) is 0 Å². The predicted molar refractivity (Wildman–Crippen MR) is 53.4 cm³/mol. The number of carbonyl (C=O) groups excluding carboxylic acids is 1. The summed E-state index contributed by atoms with van der Waals surface area (Å²) in [6, 6.07) is -0.791. The van der Waals surface area contributed by atoms with Gasteiger partial charge in [-0.1, -0.05) is 6.92 Å². The van der Waals surface area contributed by atoms with Gasteiger partial charge >= 0.3 is 12.0 Å². The first-order chi connectivity index (χ1) is 7.31. The molecule has 0 saturated carbocycles. The molecule has 0 heterocycles. The molecular formula is C9H16F2N2O3. The Morgan fingerprint density at radius 1 is 1.38 bits per heavy atom. The molecule has 3 N–H and O–H groups in total. The topological polar surface area (TPSA) is 78.4 Å². The number of halogens is 2. The highest BCUT2D eigenvalue weighted by Crippen LogP contribution is 2.19. The molecule has 0 saturated heterocycles. The number of nitrogens with one attached hydrogen (secondary N) is 2. The van der Waals surface area contributed by atoms with Gasteiger partial charge in [-0.05, 0) is 13.3 Å². The molecule has 5 nitrogen and oxygen atoms in total. The van der Waals surface area contributed by atoms with E-state index in [-0.39, 0.29) is 6.54 Å². The minimum absolute atomic E-state index is 0.103. The van der Waals surface area contributed by atoms with E-state index >= 15 is 0 Å². The SMILES string of the molecule is CCC(C)(CNC(=O)NCC(F)F)C(=O)O. The molecule has 0 aliphatic rings. The number of aliphatic carboxylic acids is 1. The van der Waals surface area contributed by atoms with Crippen LogP contribution in [0.1, 0.15) is 20.3 Å². The van der Waals surface area contributed by atoms with E-state index in [0.717, 1.165) is 0 Å². The van der Waals surface area contributed by atoms with Gasteiger partial charge in [-0.3, -0.25) is 4.79 Å². The number of urea groups is 1. The van der Waals surface area contributed by atoms with Crippen LogP contribution in [-0.2, 0) is 4.79 Å². The van der Waals surface area contributed by atoms with Crippen LogP contribution in [0.2, 0.25) is 0 Å². The minimum Gasteiger partial charge on any atom is -0.481 e. The number of rotatable bonds is 6. The van der Waals surface area contributed by atoms with Crippen LogP contribution in [0.25, 0.3) is 0 Å². The number of carbonyl (C=O) groups is 2. The summed E-state index contributed by atoms with van der Waals surface area (Å²) in [5.74, 6) is -1.04. The molecule has 1 atom stereocenters. The van der Waals surface area contributed by atoms with Gasteiger partial charge in [0, 0.05) is 6.54 Å². The van der Waals surface area contributed by atoms with Crippen LogP contribution in [0.4, 0.5) is 13.6 Å². The molecular weight excluding hydrogens is 222 g/mol. The maximum absolute atomic E-state index is 11.7. The Morgan fingerprint density at radius 2 is 1.94 bits per heavy atom. The zero-order chi connectivity index (χ0) is 12.8. The molecule has 0 radical (unpaired) electrons. The van der Waals surface area contributed by atoms with Gasteiger partial charge in [-0.15, -0.1) is 0 Å². The first kappa shape index (κ1) is 14.6. The van der Waals surface area contributed by atoms with Crippen LogP contribution in [0.5, 0.6) is 0 Å². The Morgan fingerprint density at radius 3 is 2.31 bits per heavy atom. The largest absolute Gasteiger partial charge is 0.481 e. The van der Waals surface area contributed by atoms with Crippen molar-refractivity contribution in [3.63, 3.8) is 0 Å². The number of alkyl halides is 2. The number of carboxylic acids is 1. The molecule has 94 valence electrons. The van der Waals surface area contributed by atoms with Crippen molar-refractivity contribution >= 4 is 12.0 Å². The van der Waals surface area contributed by atoms with Crippen LogP contribution < -0.4 is 10.6 Å². The Bertz CT molecular complexity index is 261. The lowest BCUT2D eigenvalue weighted by atomic mass is 9.88. The van der Waals surface area contributed by atoms with Crippen molar-refractivity contribution in [3.05, 3.63) is 0 Å². The van der Waals surface area contributed by atoms with E-state index in [1.807, 2.05) is 5.32 Å². The zero-order valence-corrected chi connectivity index (χ0v) is 9.22. The average molecular weight is 238 g/mol. The summed E-state index contributed by atoms with van der Waals surface area (Å²) in [6.07, 6.45) is -2.29. The molecule has 0 aromatic carbocycles. The second-order valence-corrected chi connectivity index (χ2v) is 3.67. The molecule has 0 aliphatic carbocycles. The summed E-state index contributed by atoms with van der Waals surface area (Å²) in [5.41, 5.74) is -1.08. The van der Waals surface area contributed by atoms with Gasteiger partial charge in [-0.2, -0.15) is 0 Å². The Balaban J connectivity index is 4.03. The first-order valence-corrected chi connectivity index (χ1v) is 4.85. The van der Waals surface area contributed by atoms with Gasteiger partial charge in [-0.25, -0.2) is 13.6 Å². The molecule has 2 amide bonds. The van der Waals surface area contributed by atoms with Crippen LogP contribution in [-0.4, -0.2) is 36.6 Å². The number of hydrogen-bond donors (Lipinski definition) is 3. The fourth-order valence-corrected chi connectivity index (χ4v) is 0.860. The van der Waals surface area contributed by atoms with Crippen molar-refractivity contribution in [1.29, 1.82) is 0 Å². The molecule has 0 spiro atoms. The second-order valence-electron chi connectivity index (χ2n) is 3.67. The summed E-state index contributed by atoms with van der Waals surface area (Å²) in [7, 11) is 0. The number of hydrogen-bond acceptors (Lipinski definition) is 2. The summed E-state index contributed by atoms with van der Waals surface area (Å²) >= 11 is 0. The third kappa shape index (κ3) is 4.90. The Labute approximate surface area is 92.2 Å². The highest BCUT2D eigenvalue weighted by atomic mass is 19.3. The predicted octanol–water partition coefficient (Wildman–Crippen LogP) is 1.05. The van der Waals surface area contributed by atoms with E-state index < -0.39 is 30.4 Å². The maximum atomic E-state index is 11.7. The minimum atomic E-state index is -2.62. The summed E-state index contributed by atoms with van der Waals surface area (Å²) in [4.78, 5) is 21.8. The molecule has 0 fully saturated rings. The lowest BCUT2D eigenvalue weighted by molar-refractivity contribution is -0.147. The van der Waals surface area contributed by atoms with Gasteiger partial charge in [0.05, 0.1) is 12.0 Å². The van der Waals surface area contributed by atoms with E-state index in [2.05, 4.69) is 5.32 Å². The summed E-state index contributed by atoms with van der Waals surface area (Å²) in [6.45, 7) is 2.30. The Kier molecular flexibility index (Phi) is 5.69. The lowest BCUT2D eigenvalue weighted by Crippen LogP contribution is -2.45. The van der Waals surface area contributed by atoms with Crippen molar-refractivity contribution in [2.45, 2.75) is 26.7 Å². The van der Waals surface area contributed by atoms with Crippen molar-refractivity contribution in [2.75, 3.05) is 13.1 Å². The van der Waals surface area contributed by atoms with E-state index in [9.17, 15) is 18.4 Å². The standard InChI is InChI=1S/C9H16F2N2O3/c1-3-9(2,7(14)15)5-13-8(16)12-4-6(10)11/h6H,3-5H2,1-2H3,(H,14,15)(H2,12,13,16). The van der Waals surface area contributed by atoms with Crippen LogP contribution >= 0.6 is 0 Å². The van der Waals surface area contributed by atoms with Crippen molar-refractivity contribution in [3.8, 4) is 0 Å².